The van der Waals surface area contributed by atoms with Gasteiger partial charge in [-0.2, -0.15) is 0 Å². The van der Waals surface area contributed by atoms with Crippen LogP contribution in [0.1, 0.15) is 57.4 Å². The molecular weight excluding hydrogens is 336 g/mol. The number of rotatable bonds is 10. The number of nitrogens with zero attached hydrogens (tertiary/aromatic N) is 1. The average Bonchev–Trinajstić information content (AvgIpc) is 3.00. The summed E-state index contributed by atoms with van der Waals surface area (Å²) in [5.41, 5.74) is 0.403. The molecular formula is C19H26N2O3S. The molecule has 0 aliphatic carbocycles. The van der Waals surface area contributed by atoms with Crippen LogP contribution in [0.15, 0.2) is 24.3 Å². The van der Waals surface area contributed by atoms with Gasteiger partial charge < -0.3 is 10.4 Å². The highest BCUT2D eigenvalue weighted by Gasteiger charge is 2.30. The van der Waals surface area contributed by atoms with Crippen molar-refractivity contribution in [2.24, 2.45) is 0 Å². The Bertz CT molecular complexity index is 689. The number of aromatic nitrogens is 1. The van der Waals surface area contributed by atoms with Crippen molar-refractivity contribution in [3.8, 4) is 0 Å². The smallest absolute Gasteiger partial charge is 0.305 e. The van der Waals surface area contributed by atoms with E-state index in [1.165, 1.54) is 4.70 Å². The molecule has 25 heavy (non-hydrogen) atoms. The van der Waals surface area contributed by atoms with Gasteiger partial charge in [0.2, 0.25) is 5.91 Å². The number of benzene rings is 1. The third-order valence-electron chi connectivity index (χ3n) is 4.63. The first kappa shape index (κ1) is 19.4. The van der Waals surface area contributed by atoms with E-state index in [4.69, 9.17) is 5.11 Å². The Morgan fingerprint density at radius 3 is 2.56 bits per heavy atom. The summed E-state index contributed by atoms with van der Waals surface area (Å²) in [5, 5.41) is 13.1. The van der Waals surface area contributed by atoms with Crippen LogP contribution in [-0.2, 0) is 16.0 Å². The van der Waals surface area contributed by atoms with Crippen LogP contribution >= 0.6 is 11.3 Å². The Balaban J connectivity index is 1.78. The maximum atomic E-state index is 12.2. The molecule has 136 valence electrons. The number of unbranched alkanes of at least 4 members (excludes halogenated alkanes) is 1. The second kappa shape index (κ2) is 8.94. The average molecular weight is 362 g/mol. The van der Waals surface area contributed by atoms with E-state index < -0.39 is 11.5 Å². The summed E-state index contributed by atoms with van der Waals surface area (Å²) < 4.78 is 1.19. The molecule has 0 aliphatic heterocycles. The Morgan fingerprint density at radius 1 is 1.20 bits per heavy atom. The van der Waals surface area contributed by atoms with Gasteiger partial charge >= 0.3 is 5.97 Å². The molecule has 6 heteroatoms. The summed E-state index contributed by atoms with van der Waals surface area (Å²) >= 11 is 1.70. The highest BCUT2D eigenvalue weighted by Crippen LogP contribution is 2.23. The van der Waals surface area contributed by atoms with Crippen LogP contribution in [0.3, 0.4) is 0 Å². The molecule has 0 fully saturated rings. The van der Waals surface area contributed by atoms with E-state index in [2.05, 4.69) is 16.4 Å². The Hall–Kier alpha value is -1.95. The number of thiazole rings is 1. The van der Waals surface area contributed by atoms with Crippen molar-refractivity contribution < 1.29 is 14.7 Å². The maximum Gasteiger partial charge on any atom is 0.305 e. The molecule has 1 amide bonds. The predicted molar refractivity (Wildman–Crippen MR) is 101 cm³/mol. The van der Waals surface area contributed by atoms with Crippen LogP contribution in [0, 0.1) is 0 Å². The number of para-hydroxylation sites is 1. The first-order valence-corrected chi connectivity index (χ1v) is 9.67. The van der Waals surface area contributed by atoms with Crippen LogP contribution in [0.5, 0.6) is 0 Å². The molecule has 2 rings (SSSR count). The number of aryl methyl sites for hydroxylation is 1. The normalized spacial score (nSPS) is 11.6. The lowest BCUT2D eigenvalue weighted by Crippen LogP contribution is -2.49. The number of aliphatic carboxylic acids is 1. The molecule has 1 aromatic carbocycles. The minimum Gasteiger partial charge on any atom is -0.481 e. The summed E-state index contributed by atoms with van der Waals surface area (Å²) in [4.78, 5) is 27.8. The zero-order valence-electron chi connectivity index (χ0n) is 14.9. The number of nitrogens with one attached hydrogen (secondary N) is 1. The zero-order chi connectivity index (χ0) is 18.3. The number of hydrogen-bond donors (Lipinski definition) is 2. The highest BCUT2D eigenvalue weighted by atomic mass is 32.1. The standard InChI is InChI=1S/C19H26N2O3S/c1-3-19(4-2,13-18(23)24)21-16(22)11-7-8-12-17-20-14-9-5-6-10-15(14)25-17/h5-6,9-10H,3-4,7-8,11-13H2,1-2H3,(H,21,22)(H,23,24). The van der Waals surface area contributed by atoms with Crippen molar-refractivity contribution in [3.05, 3.63) is 29.3 Å². The van der Waals surface area contributed by atoms with Gasteiger partial charge in [-0.3, -0.25) is 9.59 Å². The van der Waals surface area contributed by atoms with Crippen molar-refractivity contribution in [3.63, 3.8) is 0 Å². The number of hydrogen-bond acceptors (Lipinski definition) is 4. The minimum atomic E-state index is -0.875. The van der Waals surface area contributed by atoms with E-state index in [0.29, 0.717) is 19.3 Å². The van der Waals surface area contributed by atoms with Gasteiger partial charge in [0.15, 0.2) is 0 Å². The quantitative estimate of drug-likeness (QED) is 0.622. The van der Waals surface area contributed by atoms with Crippen molar-refractivity contribution in [2.45, 2.75) is 64.3 Å². The first-order valence-electron chi connectivity index (χ1n) is 8.85. The predicted octanol–water partition coefficient (Wildman–Crippen LogP) is 4.16. The van der Waals surface area contributed by atoms with Crippen molar-refractivity contribution in [2.75, 3.05) is 0 Å². The third kappa shape index (κ3) is 5.53. The van der Waals surface area contributed by atoms with Crippen LogP contribution in [0.2, 0.25) is 0 Å². The molecule has 0 aliphatic rings. The molecule has 1 heterocycles. The fourth-order valence-corrected chi connectivity index (χ4v) is 3.97. The van der Waals surface area contributed by atoms with Crippen LogP contribution in [-0.4, -0.2) is 27.5 Å². The summed E-state index contributed by atoms with van der Waals surface area (Å²) in [6, 6.07) is 8.09. The monoisotopic (exact) mass is 362 g/mol. The Kier molecular flexibility index (Phi) is 6.93. The number of carboxylic acid groups (broad SMARTS) is 1. The first-order chi connectivity index (χ1) is 12.0. The van der Waals surface area contributed by atoms with E-state index in [9.17, 15) is 9.59 Å². The molecule has 0 saturated heterocycles. The summed E-state index contributed by atoms with van der Waals surface area (Å²) in [5.74, 6) is -0.936. The number of carboxylic acids is 1. The molecule has 0 radical (unpaired) electrons. The summed E-state index contributed by atoms with van der Waals surface area (Å²) in [6.45, 7) is 3.83. The van der Waals surface area contributed by atoms with E-state index in [-0.39, 0.29) is 12.3 Å². The van der Waals surface area contributed by atoms with Gasteiger partial charge in [0, 0.05) is 12.0 Å². The molecule has 2 N–H and O–H groups in total. The van der Waals surface area contributed by atoms with Gasteiger partial charge in [-0.1, -0.05) is 26.0 Å². The SMILES string of the molecule is CCC(CC)(CC(=O)O)NC(=O)CCCCc1nc2ccccc2s1. The number of carbonyl (C=O) groups is 2. The van der Waals surface area contributed by atoms with Crippen molar-refractivity contribution >= 4 is 33.4 Å². The maximum absolute atomic E-state index is 12.2. The molecule has 2 aromatic rings. The van der Waals surface area contributed by atoms with Gasteiger partial charge in [-0.25, -0.2) is 4.98 Å². The molecule has 5 nitrogen and oxygen atoms in total. The highest BCUT2D eigenvalue weighted by molar-refractivity contribution is 7.18. The molecule has 0 atom stereocenters. The Labute approximate surface area is 152 Å². The van der Waals surface area contributed by atoms with E-state index in [1.807, 2.05) is 32.0 Å². The third-order valence-corrected chi connectivity index (χ3v) is 5.73. The lowest BCUT2D eigenvalue weighted by molar-refractivity contribution is -0.139. The Morgan fingerprint density at radius 2 is 1.92 bits per heavy atom. The zero-order valence-corrected chi connectivity index (χ0v) is 15.7. The van der Waals surface area contributed by atoms with Crippen molar-refractivity contribution in [1.82, 2.24) is 10.3 Å². The minimum absolute atomic E-state index is 0.0303. The molecule has 1 aromatic heterocycles. The lowest BCUT2D eigenvalue weighted by Gasteiger charge is -2.31. The second-order valence-electron chi connectivity index (χ2n) is 6.39. The van der Waals surface area contributed by atoms with E-state index >= 15 is 0 Å². The summed E-state index contributed by atoms with van der Waals surface area (Å²) in [7, 11) is 0. The van der Waals surface area contributed by atoms with Gasteiger partial charge in [-0.15, -0.1) is 11.3 Å². The summed E-state index contributed by atoms with van der Waals surface area (Å²) in [6.07, 6.45) is 4.18. The fraction of sp³-hybridized carbons (Fsp3) is 0.526. The number of carbonyl (C=O) groups excluding carboxylic acids is 1. The second-order valence-corrected chi connectivity index (χ2v) is 7.50. The molecule has 0 unspecified atom stereocenters. The van der Waals surface area contributed by atoms with Crippen LogP contribution in [0.4, 0.5) is 0 Å². The lowest BCUT2D eigenvalue weighted by atomic mass is 9.88. The molecule has 0 spiro atoms. The van der Waals surface area contributed by atoms with E-state index in [1.54, 1.807) is 11.3 Å². The van der Waals surface area contributed by atoms with Crippen LogP contribution < -0.4 is 5.32 Å². The molecule has 0 bridgehead atoms. The van der Waals surface area contributed by atoms with E-state index in [0.717, 1.165) is 29.8 Å². The van der Waals surface area contributed by atoms with Gasteiger partial charge in [0.25, 0.3) is 0 Å². The number of fused-ring (bicyclic) bond motifs is 1. The topological polar surface area (TPSA) is 79.3 Å². The van der Waals surface area contributed by atoms with Gasteiger partial charge in [0.1, 0.15) is 0 Å². The number of amides is 1. The van der Waals surface area contributed by atoms with Crippen LogP contribution in [0.25, 0.3) is 10.2 Å². The van der Waals surface area contributed by atoms with Crippen molar-refractivity contribution in [1.29, 1.82) is 0 Å². The largest absolute Gasteiger partial charge is 0.481 e. The van der Waals surface area contributed by atoms with Gasteiger partial charge in [0.05, 0.1) is 21.6 Å². The molecule has 0 saturated carbocycles. The fourth-order valence-electron chi connectivity index (χ4n) is 2.96. The van der Waals surface area contributed by atoms with Gasteiger partial charge in [-0.05, 0) is 44.2 Å².